The van der Waals surface area contributed by atoms with E-state index in [2.05, 4.69) is 0 Å². The Labute approximate surface area is 226 Å². The minimum atomic E-state index is -4.30. The molecular formula is C28H24ClN2O5PS. The molecule has 38 heavy (non-hydrogen) atoms. The van der Waals surface area contributed by atoms with Gasteiger partial charge in [0.2, 0.25) is 0 Å². The van der Waals surface area contributed by atoms with E-state index in [1.807, 2.05) is 19.9 Å². The number of hydrogen-bond donors (Lipinski definition) is 0. The summed E-state index contributed by atoms with van der Waals surface area (Å²) < 4.78 is 48.3. The van der Waals surface area contributed by atoms with E-state index in [9.17, 15) is 17.8 Å². The zero-order chi connectivity index (χ0) is 27.6. The van der Waals surface area contributed by atoms with Gasteiger partial charge in [0.15, 0.2) is 5.69 Å². The summed E-state index contributed by atoms with van der Waals surface area (Å²) in [5.41, 5.74) is 2.25. The monoisotopic (exact) mass is 566 g/mol. The quantitative estimate of drug-likeness (QED) is 0.169. The first-order chi connectivity index (χ1) is 18.1. The summed E-state index contributed by atoms with van der Waals surface area (Å²) in [6.07, 6.45) is 2.94. The molecule has 0 aliphatic carbocycles. The molecule has 4 rings (SSSR count). The predicted molar refractivity (Wildman–Crippen MR) is 151 cm³/mol. The number of allylic oxidation sites excluding steroid dienone is 1. The van der Waals surface area contributed by atoms with E-state index < -0.39 is 23.8 Å². The first-order valence-electron chi connectivity index (χ1n) is 11.7. The van der Waals surface area contributed by atoms with E-state index in [-0.39, 0.29) is 38.4 Å². The third-order valence-corrected chi connectivity index (χ3v) is 9.91. The highest BCUT2D eigenvalue weighted by atomic mass is 35.5. The Morgan fingerprint density at radius 3 is 2.50 bits per heavy atom. The zero-order valence-corrected chi connectivity index (χ0v) is 23.4. The summed E-state index contributed by atoms with van der Waals surface area (Å²) in [6.45, 7) is 5.33. The number of hydrogen-bond acceptors (Lipinski definition) is 6. The number of benzene rings is 3. The summed E-state index contributed by atoms with van der Waals surface area (Å²) in [6, 6.07) is 17.6. The first-order valence-corrected chi connectivity index (χ1v) is 14.9. The molecule has 0 bridgehead atoms. The molecule has 3 aromatic carbocycles. The van der Waals surface area contributed by atoms with E-state index in [0.717, 1.165) is 15.1 Å². The van der Waals surface area contributed by atoms with Gasteiger partial charge in [-0.05, 0) is 86.0 Å². The molecule has 0 amide bonds. The van der Waals surface area contributed by atoms with Crippen molar-refractivity contribution in [3.63, 3.8) is 0 Å². The van der Waals surface area contributed by atoms with Crippen LogP contribution in [0.2, 0.25) is 5.02 Å². The summed E-state index contributed by atoms with van der Waals surface area (Å²) in [4.78, 5) is 13.3. The third-order valence-electron chi connectivity index (χ3n) is 6.17. The molecule has 1 heterocycles. The van der Waals surface area contributed by atoms with Crippen molar-refractivity contribution < 1.29 is 22.5 Å². The number of ether oxygens (including phenoxy) is 1. The van der Waals surface area contributed by atoms with Crippen LogP contribution in [0.25, 0.3) is 17.0 Å². The van der Waals surface area contributed by atoms with E-state index in [0.29, 0.717) is 10.9 Å². The number of aryl methyl sites for hydroxylation is 1. The molecule has 194 valence electrons. The lowest BCUT2D eigenvalue weighted by Crippen LogP contribution is -2.25. The van der Waals surface area contributed by atoms with Gasteiger partial charge in [-0.25, -0.2) is 17.2 Å². The second-order valence-electron chi connectivity index (χ2n) is 8.49. The van der Waals surface area contributed by atoms with Gasteiger partial charge in [-0.15, -0.1) is 0 Å². The fourth-order valence-corrected chi connectivity index (χ4v) is 7.85. The molecule has 0 radical (unpaired) electrons. The smallest absolute Gasteiger partial charge is 0.356 e. The normalized spacial score (nSPS) is 12.5. The largest absolute Gasteiger partial charge is 0.461 e. The van der Waals surface area contributed by atoms with Crippen LogP contribution in [0.3, 0.4) is 0 Å². The molecule has 1 unspecified atom stereocenters. The van der Waals surface area contributed by atoms with Gasteiger partial charge in [0.1, 0.15) is 7.80 Å². The van der Waals surface area contributed by atoms with Crippen molar-refractivity contribution in [3.05, 3.63) is 94.1 Å². The van der Waals surface area contributed by atoms with Crippen molar-refractivity contribution >= 4 is 63.0 Å². The standard InChI is InChI=1S/C28H24ClN2O5PS/c1-4-36-28(32)26-27(37(33)22-15-18(2)19(3)20(16-22)9-8-14-30)24-17-21(29)12-13-25(24)31(26)38(34,35)23-10-6-5-7-11-23/h5-13,15-17,37H,4H2,1-3H3. The summed E-state index contributed by atoms with van der Waals surface area (Å²) in [7, 11) is -7.29. The second kappa shape index (κ2) is 11.0. The maximum Gasteiger partial charge on any atom is 0.356 e. The van der Waals surface area contributed by atoms with Crippen LogP contribution in [0.4, 0.5) is 0 Å². The van der Waals surface area contributed by atoms with Gasteiger partial charge in [0.05, 0.1) is 28.4 Å². The molecule has 0 N–H and O–H groups in total. The van der Waals surface area contributed by atoms with Crippen molar-refractivity contribution in [2.24, 2.45) is 0 Å². The van der Waals surface area contributed by atoms with Gasteiger partial charge in [-0.2, -0.15) is 5.26 Å². The average molecular weight is 567 g/mol. The van der Waals surface area contributed by atoms with Gasteiger partial charge >= 0.3 is 5.97 Å². The van der Waals surface area contributed by atoms with Crippen molar-refractivity contribution in [2.45, 2.75) is 25.7 Å². The minimum absolute atomic E-state index is 0.0143. The minimum Gasteiger partial charge on any atom is -0.461 e. The molecule has 1 aromatic heterocycles. The molecule has 1 atom stereocenters. The number of aromatic nitrogens is 1. The molecule has 0 spiro atoms. The highest BCUT2D eigenvalue weighted by molar-refractivity contribution is 7.90. The van der Waals surface area contributed by atoms with E-state index in [1.165, 1.54) is 36.4 Å². The predicted octanol–water partition coefficient (Wildman–Crippen LogP) is 5.37. The highest BCUT2D eigenvalue weighted by Crippen LogP contribution is 2.35. The summed E-state index contributed by atoms with van der Waals surface area (Å²) in [5, 5.41) is 10.0. The van der Waals surface area contributed by atoms with Crippen molar-refractivity contribution in [1.29, 1.82) is 5.26 Å². The van der Waals surface area contributed by atoms with Crippen molar-refractivity contribution in [1.82, 2.24) is 3.97 Å². The Morgan fingerprint density at radius 1 is 1.13 bits per heavy atom. The average Bonchev–Trinajstić information content (AvgIpc) is 3.24. The lowest BCUT2D eigenvalue weighted by atomic mass is 10.0. The molecule has 0 fully saturated rings. The molecular weight excluding hydrogens is 543 g/mol. The Bertz CT molecular complexity index is 1770. The number of esters is 1. The molecule has 0 aliphatic rings. The molecule has 0 saturated carbocycles. The maximum absolute atomic E-state index is 14.3. The van der Waals surface area contributed by atoms with E-state index >= 15 is 0 Å². The lowest BCUT2D eigenvalue weighted by Gasteiger charge is -2.13. The molecule has 0 saturated heterocycles. The molecule has 10 heteroatoms. The topological polar surface area (TPSA) is 106 Å². The Hall–Kier alpha value is -3.63. The lowest BCUT2D eigenvalue weighted by molar-refractivity contribution is 0.0520. The van der Waals surface area contributed by atoms with Crippen molar-refractivity contribution in [2.75, 3.05) is 6.61 Å². The highest BCUT2D eigenvalue weighted by Gasteiger charge is 2.34. The third kappa shape index (κ3) is 4.93. The number of rotatable bonds is 7. The zero-order valence-electron chi connectivity index (χ0n) is 20.9. The SMILES string of the molecule is CCOC(=O)c1c([PH](=O)c2cc(C)c(C)c(C=CC#N)c2)c2cc(Cl)ccc2n1S(=O)(=O)c1ccccc1. The van der Waals surface area contributed by atoms with Gasteiger partial charge < -0.3 is 9.30 Å². The van der Waals surface area contributed by atoms with Gasteiger partial charge in [0.25, 0.3) is 10.0 Å². The first kappa shape index (κ1) is 27.4. The van der Waals surface area contributed by atoms with Gasteiger partial charge in [-0.1, -0.05) is 29.8 Å². The van der Waals surface area contributed by atoms with Crippen LogP contribution in [0.15, 0.2) is 71.6 Å². The van der Waals surface area contributed by atoms with Crippen LogP contribution in [0, 0.1) is 25.2 Å². The molecule has 7 nitrogen and oxygen atoms in total. The number of nitriles is 1. The van der Waals surface area contributed by atoms with Crippen LogP contribution in [-0.4, -0.2) is 25.0 Å². The van der Waals surface area contributed by atoms with Crippen LogP contribution in [-0.2, 0) is 19.3 Å². The Kier molecular flexibility index (Phi) is 7.94. The van der Waals surface area contributed by atoms with Crippen LogP contribution in [0.1, 0.15) is 34.1 Å². The molecule has 4 aromatic rings. The Morgan fingerprint density at radius 2 is 1.84 bits per heavy atom. The molecule has 0 aliphatic heterocycles. The number of nitrogens with zero attached hydrogens (tertiary/aromatic N) is 2. The van der Waals surface area contributed by atoms with Crippen LogP contribution in [0.5, 0.6) is 0 Å². The number of carbonyl (C=O) groups excluding carboxylic acids is 1. The number of fused-ring (bicyclic) bond motifs is 1. The maximum atomic E-state index is 14.3. The van der Waals surface area contributed by atoms with Gasteiger partial charge in [0, 0.05) is 21.8 Å². The fraction of sp³-hybridized carbons (Fsp3) is 0.143. The van der Waals surface area contributed by atoms with Crippen molar-refractivity contribution in [3.8, 4) is 6.07 Å². The van der Waals surface area contributed by atoms with Crippen LogP contribution < -0.4 is 10.6 Å². The number of carbonyl (C=O) groups is 1. The fourth-order valence-electron chi connectivity index (χ4n) is 4.26. The van der Waals surface area contributed by atoms with Crippen LogP contribution >= 0.6 is 19.4 Å². The Balaban J connectivity index is 2.11. The summed E-state index contributed by atoms with van der Waals surface area (Å²) in [5.74, 6) is -0.916. The summed E-state index contributed by atoms with van der Waals surface area (Å²) >= 11 is 6.30. The van der Waals surface area contributed by atoms with E-state index in [1.54, 1.807) is 43.3 Å². The second-order valence-corrected chi connectivity index (χ2v) is 12.4. The van der Waals surface area contributed by atoms with E-state index in [4.69, 9.17) is 21.6 Å². The van der Waals surface area contributed by atoms with Gasteiger partial charge in [-0.3, -0.25) is 0 Å². The number of halogens is 1.